The molecule has 4 fully saturated rings. The molecular weight excluding hydrogens is 492 g/mol. The van der Waals surface area contributed by atoms with Gasteiger partial charge in [-0.1, -0.05) is 11.6 Å². The fourth-order valence-electron chi connectivity index (χ4n) is 7.92. The van der Waals surface area contributed by atoms with Crippen LogP contribution in [0.5, 0.6) is 5.88 Å². The topological polar surface area (TPSA) is 96.6 Å². The summed E-state index contributed by atoms with van der Waals surface area (Å²) in [6.07, 6.45) is 11.0. The average molecular weight is 535 g/mol. The van der Waals surface area contributed by atoms with E-state index in [0.29, 0.717) is 41.8 Å². The molecule has 210 valence electrons. The first kappa shape index (κ1) is 25.4. The van der Waals surface area contributed by atoms with Crippen LogP contribution in [0.2, 0.25) is 0 Å². The van der Waals surface area contributed by atoms with Gasteiger partial charge < -0.3 is 19.5 Å². The van der Waals surface area contributed by atoms with Gasteiger partial charge in [0.1, 0.15) is 23.4 Å². The van der Waals surface area contributed by atoms with E-state index in [1.54, 1.807) is 0 Å². The fourth-order valence-corrected chi connectivity index (χ4v) is 7.92. The number of hydrogen-bond donors (Lipinski definition) is 1. The summed E-state index contributed by atoms with van der Waals surface area (Å²) in [6, 6.07) is 2.76. The Labute approximate surface area is 231 Å². The van der Waals surface area contributed by atoms with Crippen LogP contribution < -0.4 is 15.0 Å². The predicted octanol–water partition coefficient (Wildman–Crippen LogP) is 4.04. The van der Waals surface area contributed by atoms with Crippen molar-refractivity contribution in [1.29, 1.82) is 0 Å². The maximum absolute atomic E-state index is 13.2. The number of likely N-dealkylation sites (N-methyl/N-ethyl adjacent to an activating group) is 1. The summed E-state index contributed by atoms with van der Waals surface area (Å²) < 4.78 is 12.6. The first-order chi connectivity index (χ1) is 18.9. The number of anilines is 1. The first-order valence-corrected chi connectivity index (χ1v) is 15.2. The molecule has 2 saturated heterocycles. The smallest absolute Gasteiger partial charge is 0.219 e. The van der Waals surface area contributed by atoms with Crippen molar-refractivity contribution in [3.63, 3.8) is 0 Å². The lowest BCUT2D eigenvalue weighted by molar-refractivity contribution is -0.127. The van der Waals surface area contributed by atoms with Gasteiger partial charge in [0.15, 0.2) is 0 Å². The highest BCUT2D eigenvalue weighted by atomic mass is 16.5. The van der Waals surface area contributed by atoms with Crippen LogP contribution in [0.1, 0.15) is 89.3 Å². The van der Waals surface area contributed by atoms with Crippen LogP contribution in [0, 0.1) is 0 Å². The lowest BCUT2D eigenvalue weighted by Gasteiger charge is -2.39. The molecule has 2 spiro atoms. The van der Waals surface area contributed by atoms with E-state index in [4.69, 9.17) is 19.2 Å². The van der Waals surface area contributed by atoms with Gasteiger partial charge in [0.25, 0.3) is 0 Å². The summed E-state index contributed by atoms with van der Waals surface area (Å²) in [7, 11) is 2.18. The largest absolute Gasteiger partial charge is 0.473 e. The molecular formula is C30H42N6O3. The van der Waals surface area contributed by atoms with Crippen molar-refractivity contribution in [1.82, 2.24) is 25.3 Å². The van der Waals surface area contributed by atoms with Crippen LogP contribution in [-0.2, 0) is 16.6 Å². The van der Waals surface area contributed by atoms with Gasteiger partial charge in [0, 0.05) is 48.8 Å². The second-order valence-electron chi connectivity index (χ2n) is 13.0. The zero-order chi connectivity index (χ0) is 26.8. The Morgan fingerprint density at radius 2 is 1.97 bits per heavy atom. The van der Waals surface area contributed by atoms with E-state index in [1.165, 1.54) is 19.3 Å². The molecule has 2 aromatic rings. The van der Waals surface area contributed by atoms with E-state index in [2.05, 4.69) is 41.2 Å². The van der Waals surface area contributed by atoms with Crippen molar-refractivity contribution in [3.05, 3.63) is 17.3 Å². The Hall–Kier alpha value is -2.52. The molecule has 0 radical (unpaired) electrons. The number of nitrogens with one attached hydrogen (secondary N) is 1. The van der Waals surface area contributed by atoms with Gasteiger partial charge >= 0.3 is 0 Å². The van der Waals surface area contributed by atoms with E-state index in [1.807, 2.05) is 6.07 Å². The molecule has 1 N–H and O–H groups in total. The van der Waals surface area contributed by atoms with E-state index >= 15 is 0 Å². The zero-order valence-corrected chi connectivity index (χ0v) is 23.7. The van der Waals surface area contributed by atoms with Gasteiger partial charge in [0.05, 0.1) is 5.41 Å². The Morgan fingerprint density at radius 1 is 1.13 bits per heavy atom. The van der Waals surface area contributed by atoms with Crippen LogP contribution in [-0.4, -0.2) is 76.2 Å². The van der Waals surface area contributed by atoms with E-state index in [0.717, 1.165) is 81.7 Å². The number of Topliss-reactive ketones (excluding diaryl/α,β-unsaturated/α-hetero) is 1. The molecule has 7 rings (SSSR count). The van der Waals surface area contributed by atoms with Crippen molar-refractivity contribution < 1.29 is 14.1 Å². The molecule has 4 atom stereocenters. The monoisotopic (exact) mass is 534 g/mol. The Balaban J connectivity index is 1.27. The standard InChI is InChI=1S/C30H42N6O3/c1-19-17-36(18-29(33-19)13-14-29)24-16-25(38-20(2)22-9-7-15-35(22)3)32-28(31-24)26-21-8-6-12-30(27(21)34-39-26)11-5-4-10-23(30)37/h16,19-20,22,33H,4-15,17-18H2,1-3H3/t19-,20-,22-,30+/m0/s1. The van der Waals surface area contributed by atoms with Crippen LogP contribution in [0.3, 0.4) is 0 Å². The molecule has 9 nitrogen and oxygen atoms in total. The lowest BCUT2D eigenvalue weighted by Crippen LogP contribution is -2.57. The second kappa shape index (κ2) is 9.54. The summed E-state index contributed by atoms with van der Waals surface area (Å²) in [5.74, 6) is 2.94. The Bertz CT molecular complexity index is 1260. The van der Waals surface area contributed by atoms with Crippen LogP contribution in [0.25, 0.3) is 11.6 Å². The normalized spacial score (nSPS) is 31.1. The van der Waals surface area contributed by atoms with Crippen molar-refractivity contribution >= 4 is 11.6 Å². The van der Waals surface area contributed by atoms with Gasteiger partial charge in [-0.3, -0.25) is 9.69 Å². The maximum Gasteiger partial charge on any atom is 0.219 e. The molecule has 9 heteroatoms. The van der Waals surface area contributed by atoms with Crippen LogP contribution in [0.4, 0.5) is 5.82 Å². The van der Waals surface area contributed by atoms with Crippen LogP contribution in [0.15, 0.2) is 10.6 Å². The minimum atomic E-state index is -0.488. The molecule has 0 unspecified atom stereocenters. The Morgan fingerprint density at radius 3 is 2.74 bits per heavy atom. The third kappa shape index (κ3) is 4.46. The maximum atomic E-state index is 13.2. The van der Waals surface area contributed by atoms with E-state index in [9.17, 15) is 4.79 Å². The summed E-state index contributed by atoms with van der Waals surface area (Å²) in [6.45, 7) is 7.31. The lowest BCUT2D eigenvalue weighted by atomic mass is 9.64. The summed E-state index contributed by atoms with van der Waals surface area (Å²) in [5.41, 5.74) is 1.58. The zero-order valence-electron chi connectivity index (χ0n) is 23.7. The van der Waals surface area contributed by atoms with Crippen molar-refractivity contribution in [3.8, 4) is 17.5 Å². The molecule has 3 aliphatic carbocycles. The number of aromatic nitrogens is 3. The molecule has 0 aromatic carbocycles. The quantitative estimate of drug-likeness (QED) is 0.610. The molecule has 4 heterocycles. The first-order valence-electron chi connectivity index (χ1n) is 15.2. The van der Waals surface area contributed by atoms with Gasteiger partial charge in [-0.2, -0.15) is 4.98 Å². The van der Waals surface area contributed by atoms with Crippen molar-refractivity contribution in [2.24, 2.45) is 0 Å². The molecule has 2 aliphatic heterocycles. The highest BCUT2D eigenvalue weighted by molar-refractivity contribution is 5.91. The number of fused-ring (bicyclic) bond motifs is 2. The van der Waals surface area contributed by atoms with E-state index in [-0.39, 0.29) is 11.6 Å². The summed E-state index contributed by atoms with van der Waals surface area (Å²) >= 11 is 0. The third-order valence-electron chi connectivity index (χ3n) is 10.1. The predicted molar refractivity (Wildman–Crippen MR) is 148 cm³/mol. The highest BCUT2D eigenvalue weighted by Gasteiger charge is 2.49. The van der Waals surface area contributed by atoms with Crippen molar-refractivity contribution in [2.45, 2.75) is 114 Å². The number of nitrogens with zero attached hydrogens (tertiary/aromatic N) is 5. The molecule has 0 amide bonds. The molecule has 0 bridgehead atoms. The second-order valence-corrected chi connectivity index (χ2v) is 13.0. The summed E-state index contributed by atoms with van der Waals surface area (Å²) in [5, 5.41) is 8.36. The minimum Gasteiger partial charge on any atom is -0.473 e. The number of carbonyl (C=O) groups excluding carboxylic acids is 1. The van der Waals surface area contributed by atoms with E-state index < -0.39 is 5.41 Å². The highest BCUT2D eigenvalue weighted by Crippen LogP contribution is 2.47. The number of ketones is 1. The van der Waals surface area contributed by atoms with Gasteiger partial charge in [-0.25, -0.2) is 4.98 Å². The molecule has 2 saturated carbocycles. The SMILES string of the molecule is C[C@H](Oc1cc(N2C[C@H](C)NC3(CC3)C2)nc(-c2onc3c2CCC[C@@]32CCCCC2=O)n1)[C@@H]1CCCN1C. The third-order valence-corrected chi connectivity index (χ3v) is 10.1. The van der Waals surface area contributed by atoms with Crippen LogP contribution >= 0.6 is 0 Å². The number of carbonyl (C=O) groups is 1. The fraction of sp³-hybridized carbons (Fsp3) is 0.733. The van der Waals surface area contributed by atoms with Gasteiger partial charge in [-0.15, -0.1) is 0 Å². The number of piperazine rings is 1. The van der Waals surface area contributed by atoms with Gasteiger partial charge in [-0.05, 0) is 85.2 Å². The summed E-state index contributed by atoms with van der Waals surface area (Å²) in [4.78, 5) is 28.0. The number of rotatable bonds is 5. The van der Waals surface area contributed by atoms with Gasteiger partial charge in [0.2, 0.25) is 17.5 Å². The molecule has 39 heavy (non-hydrogen) atoms. The number of likely N-dealkylation sites (tertiary alicyclic amines) is 1. The molecule has 2 aromatic heterocycles. The molecule has 5 aliphatic rings. The number of hydrogen-bond acceptors (Lipinski definition) is 9. The minimum absolute atomic E-state index is 0.0107. The Kier molecular flexibility index (Phi) is 6.23. The van der Waals surface area contributed by atoms with Crippen molar-refractivity contribution in [2.75, 3.05) is 31.6 Å². The number of ether oxygens (including phenoxy) is 1. The average Bonchev–Trinajstić information content (AvgIpc) is 3.29.